The first-order valence-electron chi connectivity index (χ1n) is 4.84. The molecule has 2 rings (SSSR count). The SMILES string of the molecule is C/C(N)=C/C(=N)C1CC2(CNC2)C1. The van der Waals surface area contributed by atoms with E-state index in [4.69, 9.17) is 11.1 Å². The van der Waals surface area contributed by atoms with E-state index in [1.165, 1.54) is 12.8 Å². The highest BCUT2D eigenvalue weighted by molar-refractivity contribution is 5.95. The third-order valence-electron chi connectivity index (χ3n) is 3.18. The fourth-order valence-electron chi connectivity index (χ4n) is 2.34. The monoisotopic (exact) mass is 179 g/mol. The molecule has 13 heavy (non-hydrogen) atoms. The van der Waals surface area contributed by atoms with Crippen molar-refractivity contribution in [1.82, 2.24) is 5.32 Å². The minimum atomic E-state index is 0.473. The Labute approximate surface area is 78.9 Å². The van der Waals surface area contributed by atoms with Gasteiger partial charge in [0.2, 0.25) is 0 Å². The topological polar surface area (TPSA) is 61.9 Å². The van der Waals surface area contributed by atoms with Gasteiger partial charge in [-0.25, -0.2) is 0 Å². The van der Waals surface area contributed by atoms with Gasteiger partial charge in [0.15, 0.2) is 0 Å². The van der Waals surface area contributed by atoms with E-state index < -0.39 is 0 Å². The van der Waals surface area contributed by atoms with Crippen LogP contribution in [0.1, 0.15) is 19.8 Å². The predicted octanol–water partition coefficient (Wildman–Crippen LogP) is 0.868. The third-order valence-corrected chi connectivity index (χ3v) is 3.18. The quantitative estimate of drug-likeness (QED) is 0.551. The maximum atomic E-state index is 7.78. The van der Waals surface area contributed by atoms with Crippen molar-refractivity contribution in [1.29, 1.82) is 5.41 Å². The molecule has 0 aromatic rings. The predicted molar refractivity (Wildman–Crippen MR) is 53.7 cm³/mol. The van der Waals surface area contributed by atoms with Crippen LogP contribution < -0.4 is 11.1 Å². The van der Waals surface area contributed by atoms with Crippen LogP contribution in [0.3, 0.4) is 0 Å². The van der Waals surface area contributed by atoms with E-state index in [-0.39, 0.29) is 0 Å². The molecule has 3 nitrogen and oxygen atoms in total. The van der Waals surface area contributed by atoms with Crippen LogP contribution in [-0.4, -0.2) is 18.8 Å². The Morgan fingerprint density at radius 1 is 1.54 bits per heavy atom. The van der Waals surface area contributed by atoms with Crippen LogP contribution in [-0.2, 0) is 0 Å². The first kappa shape index (κ1) is 8.75. The lowest BCUT2D eigenvalue weighted by Gasteiger charge is -2.54. The van der Waals surface area contributed by atoms with Crippen LogP contribution in [0, 0.1) is 16.7 Å². The maximum Gasteiger partial charge on any atom is 0.0362 e. The summed E-state index contributed by atoms with van der Waals surface area (Å²) in [4.78, 5) is 0. The molecule has 3 heteroatoms. The zero-order chi connectivity index (χ0) is 9.47. The van der Waals surface area contributed by atoms with E-state index in [0.29, 0.717) is 11.3 Å². The Morgan fingerprint density at radius 3 is 2.54 bits per heavy atom. The normalized spacial score (nSPS) is 26.7. The van der Waals surface area contributed by atoms with Gasteiger partial charge in [-0.05, 0) is 31.3 Å². The number of hydrogen-bond acceptors (Lipinski definition) is 3. The minimum Gasteiger partial charge on any atom is -0.402 e. The zero-order valence-electron chi connectivity index (χ0n) is 8.06. The van der Waals surface area contributed by atoms with Crippen molar-refractivity contribution in [2.24, 2.45) is 17.1 Å². The first-order chi connectivity index (χ1) is 6.11. The smallest absolute Gasteiger partial charge is 0.0362 e. The van der Waals surface area contributed by atoms with Crippen molar-refractivity contribution in [2.75, 3.05) is 13.1 Å². The van der Waals surface area contributed by atoms with Gasteiger partial charge >= 0.3 is 0 Å². The Hall–Kier alpha value is -0.830. The van der Waals surface area contributed by atoms with Gasteiger partial charge in [-0.1, -0.05) is 0 Å². The molecule has 0 radical (unpaired) electrons. The summed E-state index contributed by atoms with van der Waals surface area (Å²) in [6, 6.07) is 0. The second kappa shape index (κ2) is 2.84. The van der Waals surface area contributed by atoms with Crippen LogP contribution >= 0.6 is 0 Å². The molecule has 1 spiro atoms. The summed E-state index contributed by atoms with van der Waals surface area (Å²) in [7, 11) is 0. The summed E-state index contributed by atoms with van der Waals surface area (Å²) >= 11 is 0. The lowest BCUT2D eigenvalue weighted by Crippen LogP contribution is -2.61. The van der Waals surface area contributed by atoms with Gasteiger partial charge in [0.1, 0.15) is 0 Å². The molecule has 1 saturated carbocycles. The molecule has 4 N–H and O–H groups in total. The van der Waals surface area contributed by atoms with Crippen molar-refractivity contribution in [3.8, 4) is 0 Å². The van der Waals surface area contributed by atoms with E-state index >= 15 is 0 Å². The molecular formula is C10H17N3. The number of rotatable bonds is 2. The first-order valence-corrected chi connectivity index (χ1v) is 4.84. The summed E-state index contributed by atoms with van der Waals surface area (Å²) in [5.41, 5.74) is 7.56. The number of nitrogens with two attached hydrogens (primary N) is 1. The van der Waals surface area contributed by atoms with E-state index in [1.807, 2.05) is 6.92 Å². The van der Waals surface area contributed by atoms with Gasteiger partial charge in [0.05, 0.1) is 0 Å². The molecule has 1 aliphatic heterocycles. The standard InChI is InChI=1S/C10H17N3/c1-7(11)2-9(12)8-3-10(4-8)5-13-6-10/h2,8,12-13H,3-6,11H2,1H3/b7-2-,12-9?. The van der Waals surface area contributed by atoms with Gasteiger partial charge in [0.25, 0.3) is 0 Å². The van der Waals surface area contributed by atoms with E-state index in [0.717, 1.165) is 24.5 Å². The number of hydrogen-bond donors (Lipinski definition) is 3. The molecular weight excluding hydrogens is 162 g/mol. The lowest BCUT2D eigenvalue weighted by atomic mass is 9.57. The molecule has 0 atom stereocenters. The molecule has 0 aromatic heterocycles. The summed E-state index contributed by atoms with van der Waals surface area (Å²) in [6.45, 7) is 4.15. The molecule has 0 unspecified atom stereocenters. The lowest BCUT2D eigenvalue weighted by molar-refractivity contribution is 0.0309. The Kier molecular flexibility index (Phi) is 1.91. The van der Waals surface area contributed by atoms with Crippen molar-refractivity contribution in [3.05, 3.63) is 11.8 Å². The van der Waals surface area contributed by atoms with Crippen LogP contribution in [0.15, 0.2) is 11.8 Å². The summed E-state index contributed by atoms with van der Waals surface area (Å²) in [5.74, 6) is 0.473. The minimum absolute atomic E-state index is 0.473. The number of nitrogens with one attached hydrogen (secondary N) is 2. The van der Waals surface area contributed by atoms with Gasteiger partial charge in [-0.2, -0.15) is 0 Å². The van der Waals surface area contributed by atoms with Crippen LogP contribution in [0.4, 0.5) is 0 Å². The Morgan fingerprint density at radius 2 is 2.15 bits per heavy atom. The molecule has 0 bridgehead atoms. The van der Waals surface area contributed by atoms with E-state index in [1.54, 1.807) is 6.08 Å². The highest BCUT2D eigenvalue weighted by Gasteiger charge is 2.49. The van der Waals surface area contributed by atoms with Gasteiger partial charge < -0.3 is 16.5 Å². The second-order valence-electron chi connectivity index (χ2n) is 4.55. The summed E-state index contributed by atoms with van der Waals surface area (Å²) in [5, 5.41) is 11.1. The van der Waals surface area contributed by atoms with Crippen molar-refractivity contribution in [3.63, 3.8) is 0 Å². The van der Waals surface area contributed by atoms with Crippen LogP contribution in [0.5, 0.6) is 0 Å². The molecule has 2 aliphatic rings. The fraction of sp³-hybridized carbons (Fsp3) is 0.700. The average molecular weight is 179 g/mol. The van der Waals surface area contributed by atoms with Gasteiger partial charge in [0, 0.05) is 30.4 Å². The fourth-order valence-corrected chi connectivity index (χ4v) is 2.34. The summed E-state index contributed by atoms with van der Waals surface area (Å²) < 4.78 is 0. The Balaban J connectivity index is 1.86. The van der Waals surface area contributed by atoms with Gasteiger partial charge in [-0.15, -0.1) is 0 Å². The highest BCUT2D eigenvalue weighted by Crippen LogP contribution is 2.48. The molecule has 1 saturated heterocycles. The third kappa shape index (κ3) is 1.48. The maximum absolute atomic E-state index is 7.78. The van der Waals surface area contributed by atoms with Crippen LogP contribution in [0.25, 0.3) is 0 Å². The van der Waals surface area contributed by atoms with Crippen LogP contribution in [0.2, 0.25) is 0 Å². The van der Waals surface area contributed by atoms with Crippen molar-refractivity contribution < 1.29 is 0 Å². The molecule has 2 fully saturated rings. The summed E-state index contributed by atoms with van der Waals surface area (Å²) in [6.07, 6.45) is 4.16. The van der Waals surface area contributed by atoms with Gasteiger partial charge in [-0.3, -0.25) is 0 Å². The average Bonchev–Trinajstić information content (AvgIpc) is 1.77. The largest absolute Gasteiger partial charge is 0.402 e. The van der Waals surface area contributed by atoms with E-state index in [2.05, 4.69) is 5.32 Å². The molecule has 72 valence electrons. The number of allylic oxidation sites excluding steroid dienone is 2. The highest BCUT2D eigenvalue weighted by atomic mass is 15.0. The zero-order valence-corrected chi connectivity index (χ0v) is 8.06. The second-order valence-corrected chi connectivity index (χ2v) is 4.55. The van der Waals surface area contributed by atoms with Crippen molar-refractivity contribution in [2.45, 2.75) is 19.8 Å². The molecule has 0 amide bonds. The molecule has 0 aromatic carbocycles. The Bertz CT molecular complexity index is 251. The molecule has 1 heterocycles. The molecule has 1 aliphatic carbocycles. The van der Waals surface area contributed by atoms with Crippen molar-refractivity contribution >= 4 is 5.71 Å². The van der Waals surface area contributed by atoms with E-state index in [9.17, 15) is 0 Å².